The Kier molecular flexibility index (Phi) is 19.9. The number of hydrogen-bond donors (Lipinski definition) is 0. The highest BCUT2D eigenvalue weighted by Crippen LogP contribution is 2.71. The summed E-state index contributed by atoms with van der Waals surface area (Å²) >= 11 is 0. The minimum Gasteiger partial charge on any atom is -0.462 e. The molecule has 31 rings (SSSR count). The topological polar surface area (TPSA) is 255 Å². The van der Waals surface area contributed by atoms with Crippen LogP contribution >= 0.6 is 0 Å². The largest absolute Gasteiger partial charge is 0.462 e. The van der Waals surface area contributed by atoms with E-state index in [9.17, 15) is 69.5 Å². The minimum atomic E-state index is -3.60. The van der Waals surface area contributed by atoms with Crippen molar-refractivity contribution < 1.29 is 122 Å². The fourth-order valence-electron chi connectivity index (χ4n) is 35.3. The van der Waals surface area contributed by atoms with E-state index in [0.717, 1.165) is 122 Å². The summed E-state index contributed by atoms with van der Waals surface area (Å²) in [6.07, 6.45) is 29.4. The quantitative estimate of drug-likeness (QED) is 0.0668. The predicted octanol–water partition coefficient (Wildman–Crippen LogP) is 16.9. The molecular weight excluding hydrogens is 1620 g/mol. The number of benzene rings is 1. The van der Waals surface area contributed by atoms with E-state index in [0.29, 0.717) is 156 Å². The van der Waals surface area contributed by atoms with Crippen LogP contribution in [0.25, 0.3) is 0 Å². The van der Waals surface area contributed by atoms with Crippen LogP contribution in [0.5, 0.6) is 0 Å². The van der Waals surface area contributed by atoms with Gasteiger partial charge in [-0.15, -0.1) is 0 Å². The van der Waals surface area contributed by atoms with Gasteiger partial charge >= 0.3 is 59.6 Å². The molecule has 30 aliphatic rings. The molecule has 2 saturated heterocycles. The van der Waals surface area contributed by atoms with Crippen LogP contribution in [0.3, 0.4) is 0 Å². The van der Waals surface area contributed by atoms with Gasteiger partial charge in [0.25, 0.3) is 0 Å². The molecule has 20 nitrogen and oxygen atoms in total. The van der Waals surface area contributed by atoms with Crippen LogP contribution in [0.2, 0.25) is 0 Å². The van der Waals surface area contributed by atoms with Crippen LogP contribution in [-0.2, 0) is 101 Å². The lowest BCUT2D eigenvalue weighted by molar-refractivity contribution is -0.326. The van der Waals surface area contributed by atoms with Gasteiger partial charge in [-0.2, -0.15) is 26.3 Å². The third-order valence-corrected chi connectivity index (χ3v) is 38.1. The summed E-state index contributed by atoms with van der Waals surface area (Å²) in [4.78, 5) is 118. The van der Waals surface area contributed by atoms with Gasteiger partial charge in [-0.25, -0.2) is 14.4 Å². The molecule has 30 fully saturated rings. The number of aryl methyl sites for hydroxylation is 1. The van der Waals surface area contributed by atoms with Gasteiger partial charge in [-0.05, 0) is 333 Å². The first kappa shape index (κ1) is 84.8. The number of rotatable bonds is 20. The average molecular weight is 1750 g/mol. The molecule has 28 aliphatic carbocycles. The van der Waals surface area contributed by atoms with E-state index in [4.69, 9.17) is 52.1 Å². The molecule has 0 amide bonds. The number of ketones is 2. The van der Waals surface area contributed by atoms with Crippen molar-refractivity contribution in [2.24, 2.45) is 145 Å². The number of Topliss-reactive ketones (excluding diaryl/α,β-unsaturated/α-hetero) is 2. The fraction of sp³-hybridized carbons (Fsp3) is 0.848. The molecule has 2 spiro atoms. The molecule has 14 atom stereocenters. The van der Waals surface area contributed by atoms with Crippen LogP contribution in [0, 0.1) is 152 Å². The Morgan fingerprint density at radius 2 is 0.616 bits per heavy atom. The molecule has 125 heavy (non-hydrogen) atoms. The fourth-order valence-corrected chi connectivity index (χ4v) is 35.3. The molecule has 14 unspecified atom stereocenters. The van der Waals surface area contributed by atoms with E-state index in [2.05, 4.69) is 31.2 Å². The molecule has 28 saturated carbocycles. The molecular formula is C99H126F6O20. The summed E-state index contributed by atoms with van der Waals surface area (Å²) in [5.74, 6) is -12.4. The first-order valence-electron chi connectivity index (χ1n) is 48.5. The third-order valence-electron chi connectivity index (χ3n) is 38.1. The average Bonchev–Trinajstić information content (AvgIpc) is 1.49. The SMILES string of the molecule is CC(F)(F)C(=O)OC12CC3CC(C1)C1(OC(COC(=O)C45CC6CC(C4)C(=O)C(C6)C5)C(COC(=O)C45CC6CC(C4)C(=O)C(C6)C5)O1)C(C3)C2.CC(F)(F)C(=O)OC12CC3CC(C1)C1(OC(COC(=O)C45CC6CC(CC(C6)C4)C5)C(COC(=O)C45CC6CC(CC(C6)C4)C5)O1)C(C3)C2.Cc1ccc(C23CC4CC(CC(COC(=O)C(C)(F)F)(C4)C2)C3)cc1. The van der Waals surface area contributed by atoms with Gasteiger partial charge in [0.05, 0.1) is 28.3 Å². The van der Waals surface area contributed by atoms with Crippen LogP contribution < -0.4 is 0 Å². The summed E-state index contributed by atoms with van der Waals surface area (Å²) in [5, 5.41) is 0. The van der Waals surface area contributed by atoms with Crippen molar-refractivity contribution in [2.45, 2.75) is 342 Å². The molecule has 1 aromatic carbocycles. The second-order valence-corrected chi connectivity index (χ2v) is 47.6. The van der Waals surface area contributed by atoms with E-state index in [-0.39, 0.29) is 127 Å². The highest BCUT2D eigenvalue weighted by molar-refractivity contribution is 5.91. The van der Waals surface area contributed by atoms with Crippen molar-refractivity contribution >= 4 is 53.4 Å². The first-order valence-corrected chi connectivity index (χ1v) is 48.5. The molecule has 2 heterocycles. The van der Waals surface area contributed by atoms with Crippen LogP contribution in [-0.4, -0.2) is 151 Å². The summed E-state index contributed by atoms with van der Waals surface area (Å²) in [7, 11) is 0. The third kappa shape index (κ3) is 14.5. The molecule has 26 heteroatoms. The van der Waals surface area contributed by atoms with Crippen LogP contribution in [0.4, 0.5) is 26.3 Å². The first-order chi connectivity index (χ1) is 59.2. The second-order valence-electron chi connectivity index (χ2n) is 47.6. The highest BCUT2D eigenvalue weighted by Gasteiger charge is 2.74. The van der Waals surface area contributed by atoms with Gasteiger partial charge in [0, 0.05) is 73.5 Å². The van der Waals surface area contributed by atoms with E-state index >= 15 is 0 Å². The monoisotopic (exact) mass is 1750 g/mol. The molecule has 28 bridgehead atoms. The Morgan fingerprint density at radius 3 is 0.920 bits per heavy atom. The van der Waals surface area contributed by atoms with Gasteiger partial charge in [0.15, 0.2) is 11.6 Å². The normalized spacial score (nSPS) is 48.8. The zero-order valence-electron chi connectivity index (χ0n) is 73.0. The maximum Gasteiger partial charge on any atom is 0.377 e. The molecule has 2 aliphatic heterocycles. The van der Waals surface area contributed by atoms with Gasteiger partial charge < -0.3 is 52.1 Å². The summed E-state index contributed by atoms with van der Waals surface area (Å²) in [5.41, 5.74) is -1.43. The maximum atomic E-state index is 14.0. The Balaban J connectivity index is 0.000000118. The Bertz CT molecular complexity index is 4240. The Morgan fingerprint density at radius 1 is 0.336 bits per heavy atom. The summed E-state index contributed by atoms with van der Waals surface area (Å²) in [6, 6.07) is 8.81. The van der Waals surface area contributed by atoms with Crippen molar-refractivity contribution in [3.63, 3.8) is 0 Å². The van der Waals surface area contributed by atoms with Gasteiger partial charge in [-0.1, -0.05) is 29.8 Å². The standard InChI is InChI=1S/C39H48F2O10.C39H52F2O8.C21H26F2O2/c1-35(40,41)32(44)51-38-10-21-6-26(15-38)39(27(7-21)16-38)49-28(17-47-33(45)36-8-19-2-22(11-36)30(42)23(3-19)12-36)29(50-39)18-48-34(46)37-9-20-4-24(13-37)31(43)25(5-20)14-37;1-35(40,41)32(42)49-38-16-27-8-28(17-38)39(29(9-27)18-38)47-30(19-45-33(43)36-10-21-2-22(11-36)4-23(3-21)12-36)31(48-39)20-46-34(44)37-13-24-5-25(14-37)7-26(6-24)15-37;1-14-3-5-17(6-4-14)21-10-15-7-16(11-21)9-20(8-15,12-21)13-25-18(24)19(2,22)23/h19-29H,2-18H2,1H3;21-31H,2-20H2,1H3;3-6,15-16H,7-13H2,1-2H3. The van der Waals surface area contributed by atoms with Gasteiger partial charge in [0.1, 0.15) is 73.6 Å². The zero-order valence-corrected chi connectivity index (χ0v) is 73.0. The number of ether oxygens (including phenoxy) is 11. The zero-order chi connectivity index (χ0) is 86.7. The summed E-state index contributed by atoms with van der Waals surface area (Å²) in [6.45, 7) is 3.87. The molecule has 684 valence electrons. The number of esters is 7. The summed E-state index contributed by atoms with van der Waals surface area (Å²) < 4.78 is 151. The Labute approximate surface area is 727 Å². The number of alkyl halides is 6. The minimum absolute atomic E-state index is 0.0347. The lowest BCUT2D eigenvalue weighted by Crippen LogP contribution is -2.65. The maximum absolute atomic E-state index is 14.0. The van der Waals surface area contributed by atoms with Crippen LogP contribution in [0.1, 0.15) is 276 Å². The number of hydrogen-bond acceptors (Lipinski definition) is 20. The van der Waals surface area contributed by atoms with Crippen molar-refractivity contribution in [3.8, 4) is 0 Å². The molecule has 0 aromatic heterocycles. The van der Waals surface area contributed by atoms with Crippen molar-refractivity contribution in [2.75, 3.05) is 33.0 Å². The molecule has 0 radical (unpaired) electrons. The predicted molar refractivity (Wildman–Crippen MR) is 430 cm³/mol. The number of halogens is 6. The van der Waals surface area contributed by atoms with E-state index in [1.54, 1.807) is 0 Å². The number of carbonyl (C=O) groups is 9. The van der Waals surface area contributed by atoms with Gasteiger partial charge in [0.2, 0.25) is 0 Å². The van der Waals surface area contributed by atoms with E-state index < -0.39 is 105 Å². The van der Waals surface area contributed by atoms with Gasteiger partial charge in [-0.3, -0.25) is 28.8 Å². The highest BCUT2D eigenvalue weighted by atomic mass is 19.3. The lowest BCUT2D eigenvalue weighted by Gasteiger charge is -2.62. The smallest absolute Gasteiger partial charge is 0.377 e. The van der Waals surface area contributed by atoms with E-state index in [1.807, 2.05) is 0 Å². The molecule has 1 aromatic rings. The lowest BCUT2D eigenvalue weighted by atomic mass is 9.43. The second kappa shape index (κ2) is 29.4. The van der Waals surface area contributed by atoms with Crippen molar-refractivity contribution in [1.29, 1.82) is 0 Å². The number of carbonyl (C=O) groups excluding carboxylic acids is 9. The molecule has 0 N–H and O–H groups in total. The van der Waals surface area contributed by atoms with Crippen molar-refractivity contribution in [1.82, 2.24) is 0 Å². The van der Waals surface area contributed by atoms with E-state index in [1.165, 1.54) is 68.9 Å². The van der Waals surface area contributed by atoms with Crippen molar-refractivity contribution in [3.05, 3.63) is 35.4 Å². The van der Waals surface area contributed by atoms with Crippen LogP contribution in [0.15, 0.2) is 24.3 Å². The Hall–Kier alpha value is -5.73.